The standard InChI is InChI=1S/C25H27N3O4/c1-16(32-20-8-5-7-19(15-20)31-2)25(30)28-12-10-17(11-13-28)23-21(24(26)29)14-18-6-3-4-9-22(18)27-23/h3-9,14-17H,10-13H2,1-2H3,(H2,26,29)/t16-/m0/s1. The van der Waals surface area contributed by atoms with Gasteiger partial charge < -0.3 is 20.1 Å². The summed E-state index contributed by atoms with van der Waals surface area (Å²) in [5.41, 5.74) is 7.68. The third-order valence-electron chi connectivity index (χ3n) is 5.91. The number of para-hydroxylation sites is 1. The van der Waals surface area contributed by atoms with Gasteiger partial charge in [0.15, 0.2) is 6.10 Å². The molecule has 4 rings (SSSR count). The Kier molecular flexibility index (Phi) is 6.25. The molecule has 0 spiro atoms. The summed E-state index contributed by atoms with van der Waals surface area (Å²) < 4.78 is 11.0. The van der Waals surface area contributed by atoms with Crippen molar-refractivity contribution in [1.82, 2.24) is 9.88 Å². The van der Waals surface area contributed by atoms with Gasteiger partial charge in [-0.05, 0) is 44.0 Å². The van der Waals surface area contributed by atoms with E-state index < -0.39 is 12.0 Å². The molecule has 1 atom stereocenters. The summed E-state index contributed by atoms with van der Waals surface area (Å²) in [6.07, 6.45) is 0.811. The highest BCUT2D eigenvalue weighted by molar-refractivity contribution is 5.97. The van der Waals surface area contributed by atoms with Crippen molar-refractivity contribution in [2.75, 3.05) is 20.2 Å². The molecule has 1 aliphatic heterocycles. The van der Waals surface area contributed by atoms with Crippen molar-refractivity contribution in [3.05, 3.63) is 65.9 Å². The first-order valence-corrected chi connectivity index (χ1v) is 10.7. The summed E-state index contributed by atoms with van der Waals surface area (Å²) in [5, 5.41) is 0.890. The molecule has 3 aromatic rings. The van der Waals surface area contributed by atoms with Crippen LogP contribution in [-0.2, 0) is 4.79 Å². The van der Waals surface area contributed by atoms with Gasteiger partial charge in [-0.3, -0.25) is 14.6 Å². The molecule has 0 unspecified atom stereocenters. The first-order chi connectivity index (χ1) is 15.5. The van der Waals surface area contributed by atoms with E-state index in [4.69, 9.17) is 20.2 Å². The Labute approximate surface area is 187 Å². The van der Waals surface area contributed by atoms with Crippen LogP contribution in [0.25, 0.3) is 10.9 Å². The summed E-state index contributed by atoms with van der Waals surface area (Å²) in [6.45, 7) is 2.90. The van der Waals surface area contributed by atoms with Gasteiger partial charge in [0.25, 0.3) is 11.8 Å². The smallest absolute Gasteiger partial charge is 0.263 e. The van der Waals surface area contributed by atoms with Crippen molar-refractivity contribution in [2.45, 2.75) is 31.8 Å². The number of nitrogens with zero attached hydrogens (tertiary/aromatic N) is 2. The molecule has 32 heavy (non-hydrogen) atoms. The molecule has 7 nitrogen and oxygen atoms in total. The van der Waals surface area contributed by atoms with Crippen LogP contribution < -0.4 is 15.2 Å². The summed E-state index contributed by atoms with van der Waals surface area (Å²) in [6, 6.07) is 16.7. The van der Waals surface area contributed by atoms with Crippen LogP contribution in [0.2, 0.25) is 0 Å². The number of aromatic nitrogens is 1. The number of methoxy groups -OCH3 is 1. The average Bonchev–Trinajstić information content (AvgIpc) is 2.82. The number of hydrogen-bond acceptors (Lipinski definition) is 5. The lowest BCUT2D eigenvalue weighted by Gasteiger charge is -2.33. The molecule has 0 saturated carbocycles. The third-order valence-corrected chi connectivity index (χ3v) is 5.91. The molecule has 1 saturated heterocycles. The first kappa shape index (κ1) is 21.6. The minimum atomic E-state index is -0.612. The van der Waals surface area contributed by atoms with Gasteiger partial charge in [-0.25, -0.2) is 0 Å². The zero-order chi connectivity index (χ0) is 22.7. The molecule has 1 aliphatic rings. The van der Waals surface area contributed by atoms with E-state index in [2.05, 4.69) is 0 Å². The minimum absolute atomic E-state index is 0.0622. The summed E-state index contributed by atoms with van der Waals surface area (Å²) >= 11 is 0. The number of benzene rings is 2. The zero-order valence-electron chi connectivity index (χ0n) is 18.3. The fourth-order valence-electron chi connectivity index (χ4n) is 4.20. The Bertz CT molecular complexity index is 1140. The normalized spacial score (nSPS) is 15.4. The lowest BCUT2D eigenvalue weighted by atomic mass is 9.89. The van der Waals surface area contributed by atoms with Crippen LogP contribution in [-0.4, -0.2) is 48.0 Å². The molecular formula is C25H27N3O4. The number of carbonyl (C=O) groups is 2. The Hall–Kier alpha value is -3.61. The summed E-state index contributed by atoms with van der Waals surface area (Å²) in [5.74, 6) is 0.799. The monoisotopic (exact) mass is 433 g/mol. The van der Waals surface area contributed by atoms with E-state index >= 15 is 0 Å². The maximum Gasteiger partial charge on any atom is 0.263 e. The number of rotatable bonds is 6. The highest BCUT2D eigenvalue weighted by Crippen LogP contribution is 2.31. The fraction of sp³-hybridized carbons (Fsp3) is 0.320. The second-order valence-electron chi connectivity index (χ2n) is 8.02. The van der Waals surface area contributed by atoms with E-state index in [1.54, 1.807) is 26.2 Å². The topological polar surface area (TPSA) is 94.8 Å². The number of carbonyl (C=O) groups excluding carboxylic acids is 2. The Morgan fingerprint density at radius 1 is 1.06 bits per heavy atom. The van der Waals surface area contributed by atoms with Crippen molar-refractivity contribution >= 4 is 22.7 Å². The van der Waals surface area contributed by atoms with Crippen LogP contribution >= 0.6 is 0 Å². The highest BCUT2D eigenvalue weighted by atomic mass is 16.5. The van der Waals surface area contributed by atoms with Crippen molar-refractivity contribution in [3.8, 4) is 11.5 Å². The van der Waals surface area contributed by atoms with E-state index in [-0.39, 0.29) is 11.8 Å². The van der Waals surface area contributed by atoms with E-state index in [1.165, 1.54) is 0 Å². The fourth-order valence-corrected chi connectivity index (χ4v) is 4.20. The van der Waals surface area contributed by atoms with Gasteiger partial charge in [0, 0.05) is 30.5 Å². The van der Waals surface area contributed by atoms with Crippen LogP contribution in [0.5, 0.6) is 11.5 Å². The highest BCUT2D eigenvalue weighted by Gasteiger charge is 2.30. The Morgan fingerprint density at radius 3 is 2.50 bits per heavy atom. The molecule has 7 heteroatoms. The molecule has 1 aromatic heterocycles. The second-order valence-corrected chi connectivity index (χ2v) is 8.02. The predicted octanol–water partition coefficient (Wildman–Crippen LogP) is 3.52. The molecular weight excluding hydrogens is 406 g/mol. The molecule has 0 radical (unpaired) electrons. The van der Waals surface area contributed by atoms with E-state index in [0.29, 0.717) is 43.0 Å². The number of nitrogens with two attached hydrogens (primary N) is 1. The number of pyridine rings is 1. The number of ether oxygens (including phenoxy) is 2. The number of likely N-dealkylation sites (tertiary alicyclic amines) is 1. The van der Waals surface area contributed by atoms with Crippen molar-refractivity contribution in [2.24, 2.45) is 5.73 Å². The molecule has 2 heterocycles. The van der Waals surface area contributed by atoms with Gasteiger partial charge in [-0.15, -0.1) is 0 Å². The van der Waals surface area contributed by atoms with Crippen molar-refractivity contribution in [3.63, 3.8) is 0 Å². The SMILES string of the molecule is COc1cccc(O[C@@H](C)C(=O)N2CCC(c3nc4ccccc4cc3C(N)=O)CC2)c1. The molecule has 0 aliphatic carbocycles. The maximum absolute atomic E-state index is 12.9. The third kappa shape index (κ3) is 4.51. The number of hydrogen-bond donors (Lipinski definition) is 1. The van der Waals surface area contributed by atoms with Gasteiger partial charge in [-0.2, -0.15) is 0 Å². The molecule has 2 N–H and O–H groups in total. The molecule has 2 amide bonds. The van der Waals surface area contributed by atoms with Crippen LogP contribution in [0, 0.1) is 0 Å². The van der Waals surface area contributed by atoms with Crippen LogP contribution in [0.15, 0.2) is 54.6 Å². The van der Waals surface area contributed by atoms with Crippen LogP contribution in [0.4, 0.5) is 0 Å². The first-order valence-electron chi connectivity index (χ1n) is 10.7. The zero-order valence-corrected chi connectivity index (χ0v) is 18.3. The van der Waals surface area contributed by atoms with E-state index in [9.17, 15) is 9.59 Å². The van der Waals surface area contributed by atoms with E-state index in [1.807, 2.05) is 47.4 Å². The quantitative estimate of drug-likeness (QED) is 0.642. The second kappa shape index (κ2) is 9.26. The lowest BCUT2D eigenvalue weighted by Crippen LogP contribution is -2.44. The molecule has 1 fully saturated rings. The van der Waals surface area contributed by atoms with E-state index in [0.717, 1.165) is 16.6 Å². The number of primary amides is 1. The number of piperidine rings is 1. The minimum Gasteiger partial charge on any atom is -0.497 e. The lowest BCUT2D eigenvalue weighted by molar-refractivity contribution is -0.139. The van der Waals surface area contributed by atoms with Crippen LogP contribution in [0.3, 0.4) is 0 Å². The molecule has 2 aromatic carbocycles. The van der Waals surface area contributed by atoms with Gasteiger partial charge in [0.1, 0.15) is 11.5 Å². The number of fused-ring (bicyclic) bond motifs is 1. The number of amides is 2. The largest absolute Gasteiger partial charge is 0.497 e. The Balaban J connectivity index is 1.44. The summed E-state index contributed by atoms with van der Waals surface area (Å²) in [4.78, 5) is 31.6. The Morgan fingerprint density at radius 2 is 1.78 bits per heavy atom. The summed E-state index contributed by atoms with van der Waals surface area (Å²) in [7, 11) is 1.59. The average molecular weight is 434 g/mol. The molecule has 0 bridgehead atoms. The van der Waals surface area contributed by atoms with Gasteiger partial charge in [-0.1, -0.05) is 24.3 Å². The van der Waals surface area contributed by atoms with Gasteiger partial charge in [0.05, 0.1) is 23.9 Å². The van der Waals surface area contributed by atoms with Crippen LogP contribution in [0.1, 0.15) is 41.7 Å². The maximum atomic E-state index is 12.9. The van der Waals surface area contributed by atoms with Gasteiger partial charge in [0.2, 0.25) is 0 Å². The van der Waals surface area contributed by atoms with Crippen molar-refractivity contribution in [1.29, 1.82) is 0 Å². The molecule has 166 valence electrons. The predicted molar refractivity (Wildman–Crippen MR) is 122 cm³/mol. The van der Waals surface area contributed by atoms with Crippen molar-refractivity contribution < 1.29 is 19.1 Å². The van der Waals surface area contributed by atoms with Gasteiger partial charge >= 0.3 is 0 Å².